The average molecular weight is 441 g/mol. The van der Waals surface area contributed by atoms with Gasteiger partial charge in [0.15, 0.2) is 0 Å². The maximum absolute atomic E-state index is 13.0. The monoisotopic (exact) mass is 440 g/mol. The number of aryl methyl sites for hydroxylation is 2. The first kappa shape index (κ1) is 20.8. The quantitative estimate of drug-likeness (QED) is 0.444. The minimum Gasteiger partial charge on any atom is -0.384 e. The number of carbonyl (C=O) groups excluding carboxylic acids is 2. The van der Waals surface area contributed by atoms with Crippen LogP contribution in [0.1, 0.15) is 67.7 Å². The lowest BCUT2D eigenvalue weighted by Gasteiger charge is -2.11. The Morgan fingerprint density at radius 3 is 2.67 bits per heavy atom. The van der Waals surface area contributed by atoms with Crippen LogP contribution in [0.2, 0.25) is 0 Å². The van der Waals surface area contributed by atoms with E-state index in [2.05, 4.69) is 26.3 Å². The molecule has 0 radical (unpaired) electrons. The highest BCUT2D eigenvalue weighted by Crippen LogP contribution is 2.39. The number of pyridine rings is 3. The number of hydrogen-bond donors (Lipinski definition) is 2. The van der Waals surface area contributed by atoms with Crippen molar-refractivity contribution in [3.8, 4) is 0 Å². The number of nitrogens with one attached hydrogen (secondary N) is 1. The molecule has 4 aromatic rings. The number of nitrogen functional groups attached to an aromatic ring is 1. The van der Waals surface area contributed by atoms with Crippen molar-refractivity contribution in [1.29, 1.82) is 0 Å². The number of hydrogen-bond acceptors (Lipinski definition) is 6. The van der Waals surface area contributed by atoms with Crippen molar-refractivity contribution in [2.45, 2.75) is 39.2 Å². The average Bonchev–Trinajstić information content (AvgIpc) is 3.56. The number of ketones is 1. The van der Waals surface area contributed by atoms with Crippen LogP contribution in [-0.4, -0.2) is 31.0 Å². The molecular weight excluding hydrogens is 416 g/mol. The molecule has 1 fully saturated rings. The number of imidazole rings is 1. The van der Waals surface area contributed by atoms with Crippen molar-refractivity contribution in [3.05, 3.63) is 88.3 Å². The number of aromatic nitrogens is 4. The molecule has 1 aliphatic rings. The fourth-order valence-electron chi connectivity index (χ4n) is 4.03. The van der Waals surface area contributed by atoms with Crippen molar-refractivity contribution in [2.75, 3.05) is 5.73 Å². The van der Waals surface area contributed by atoms with E-state index in [-0.39, 0.29) is 17.4 Å². The molecule has 0 atom stereocenters. The summed E-state index contributed by atoms with van der Waals surface area (Å²) >= 11 is 0. The Kier molecular flexibility index (Phi) is 5.12. The predicted molar refractivity (Wildman–Crippen MR) is 124 cm³/mol. The number of anilines is 1. The highest BCUT2D eigenvalue weighted by molar-refractivity contribution is 6.08. The van der Waals surface area contributed by atoms with E-state index in [0.29, 0.717) is 35.2 Å². The van der Waals surface area contributed by atoms with Crippen LogP contribution in [0.3, 0.4) is 0 Å². The minimum atomic E-state index is -0.323. The summed E-state index contributed by atoms with van der Waals surface area (Å²) in [5.41, 5.74) is 11.2. The summed E-state index contributed by atoms with van der Waals surface area (Å²) in [4.78, 5) is 38.7. The Balaban J connectivity index is 1.33. The fourth-order valence-corrected chi connectivity index (χ4v) is 4.03. The third-order valence-corrected chi connectivity index (χ3v) is 6.01. The summed E-state index contributed by atoms with van der Waals surface area (Å²) in [5, 5.41) is 2.89. The summed E-state index contributed by atoms with van der Waals surface area (Å²) in [6, 6.07) is 8.85. The van der Waals surface area contributed by atoms with Crippen molar-refractivity contribution in [3.63, 3.8) is 0 Å². The van der Waals surface area contributed by atoms with E-state index < -0.39 is 0 Å². The van der Waals surface area contributed by atoms with Gasteiger partial charge in [0.1, 0.15) is 22.9 Å². The van der Waals surface area contributed by atoms with Gasteiger partial charge in [-0.15, -0.1) is 0 Å². The van der Waals surface area contributed by atoms with E-state index in [1.807, 2.05) is 30.5 Å². The molecule has 1 saturated carbocycles. The van der Waals surface area contributed by atoms with Crippen molar-refractivity contribution in [1.82, 2.24) is 24.7 Å². The van der Waals surface area contributed by atoms with Crippen LogP contribution in [0.4, 0.5) is 5.82 Å². The van der Waals surface area contributed by atoms with Crippen LogP contribution in [0.15, 0.2) is 48.9 Å². The Labute approximate surface area is 190 Å². The van der Waals surface area contributed by atoms with Crippen LogP contribution < -0.4 is 11.1 Å². The van der Waals surface area contributed by atoms with Gasteiger partial charge in [0.05, 0.1) is 0 Å². The summed E-state index contributed by atoms with van der Waals surface area (Å²) in [6.07, 6.45) is 7.63. The Hall–Kier alpha value is -4.07. The van der Waals surface area contributed by atoms with E-state index in [1.165, 1.54) is 30.7 Å². The van der Waals surface area contributed by atoms with Crippen molar-refractivity contribution < 1.29 is 9.59 Å². The summed E-state index contributed by atoms with van der Waals surface area (Å²) in [7, 11) is 0. The molecule has 1 aliphatic carbocycles. The van der Waals surface area contributed by atoms with E-state index in [1.54, 1.807) is 18.3 Å². The zero-order valence-corrected chi connectivity index (χ0v) is 18.5. The SMILES string of the molecule is Cc1cc(N)nc(C)c1CNC(=O)c1ccnc(C(=O)c2cn3cc(C4CC4)ccc3n2)c1. The van der Waals surface area contributed by atoms with Gasteiger partial charge in [0.25, 0.3) is 5.91 Å². The lowest BCUT2D eigenvalue weighted by Crippen LogP contribution is -2.24. The van der Waals surface area contributed by atoms with E-state index in [9.17, 15) is 9.59 Å². The lowest BCUT2D eigenvalue weighted by molar-refractivity contribution is 0.0950. The first-order valence-corrected chi connectivity index (χ1v) is 10.9. The molecule has 33 heavy (non-hydrogen) atoms. The molecule has 8 heteroatoms. The zero-order valence-electron chi connectivity index (χ0n) is 18.5. The summed E-state index contributed by atoms with van der Waals surface area (Å²) in [5.74, 6) is 0.444. The third kappa shape index (κ3) is 4.19. The standard InChI is InChI=1S/C25H24N6O2/c1-14-9-22(26)29-15(2)19(14)11-28-25(33)17-7-8-27-20(10-17)24(32)21-13-31-12-18(16-3-4-16)5-6-23(31)30-21/h5-10,12-13,16H,3-4,11H2,1-2H3,(H2,26,29)(H,28,33). The van der Waals surface area contributed by atoms with Crippen LogP contribution >= 0.6 is 0 Å². The number of nitrogens with two attached hydrogens (primary N) is 1. The minimum absolute atomic E-state index is 0.176. The maximum atomic E-state index is 13.0. The predicted octanol–water partition coefficient (Wildman–Crippen LogP) is 3.36. The molecule has 4 aromatic heterocycles. The summed E-state index contributed by atoms with van der Waals surface area (Å²) < 4.78 is 1.88. The van der Waals surface area contributed by atoms with Crippen molar-refractivity contribution >= 4 is 23.2 Å². The Morgan fingerprint density at radius 2 is 1.91 bits per heavy atom. The van der Waals surface area contributed by atoms with Crippen molar-refractivity contribution in [2.24, 2.45) is 0 Å². The topological polar surface area (TPSA) is 115 Å². The number of carbonyl (C=O) groups is 2. The third-order valence-electron chi connectivity index (χ3n) is 6.01. The first-order valence-electron chi connectivity index (χ1n) is 10.9. The molecule has 5 rings (SSSR count). The smallest absolute Gasteiger partial charge is 0.251 e. The molecule has 0 aliphatic heterocycles. The van der Waals surface area contributed by atoms with Gasteiger partial charge in [-0.1, -0.05) is 6.07 Å². The molecule has 0 spiro atoms. The summed E-state index contributed by atoms with van der Waals surface area (Å²) in [6.45, 7) is 4.10. The molecule has 0 saturated heterocycles. The van der Waals surface area contributed by atoms with Crippen LogP contribution in [0.25, 0.3) is 5.65 Å². The number of fused-ring (bicyclic) bond motifs is 1. The molecule has 4 heterocycles. The molecule has 0 unspecified atom stereocenters. The normalized spacial score (nSPS) is 13.3. The highest BCUT2D eigenvalue weighted by atomic mass is 16.1. The van der Waals surface area contributed by atoms with Gasteiger partial charge in [-0.3, -0.25) is 14.6 Å². The largest absolute Gasteiger partial charge is 0.384 e. The van der Waals surface area contributed by atoms with Gasteiger partial charge in [-0.2, -0.15) is 0 Å². The van der Waals surface area contributed by atoms with Gasteiger partial charge in [0, 0.05) is 36.4 Å². The molecule has 1 amide bonds. The van der Waals surface area contributed by atoms with E-state index >= 15 is 0 Å². The second-order valence-electron chi connectivity index (χ2n) is 8.50. The van der Waals surface area contributed by atoms with E-state index in [4.69, 9.17) is 5.73 Å². The number of nitrogens with zero attached hydrogens (tertiary/aromatic N) is 4. The lowest BCUT2D eigenvalue weighted by atomic mass is 10.1. The molecule has 0 aromatic carbocycles. The molecule has 3 N–H and O–H groups in total. The molecule has 166 valence electrons. The molecule has 0 bridgehead atoms. The van der Waals surface area contributed by atoms with Gasteiger partial charge in [-0.25, -0.2) is 9.97 Å². The highest BCUT2D eigenvalue weighted by Gasteiger charge is 2.24. The van der Waals surface area contributed by atoms with Crippen LogP contribution in [0, 0.1) is 13.8 Å². The number of rotatable bonds is 6. The zero-order chi connectivity index (χ0) is 23.1. The first-order chi connectivity index (χ1) is 15.9. The molecular formula is C25H24N6O2. The molecule has 8 nitrogen and oxygen atoms in total. The number of amides is 1. The second-order valence-corrected chi connectivity index (χ2v) is 8.50. The Bertz CT molecular complexity index is 1380. The second kappa shape index (κ2) is 8.12. The Morgan fingerprint density at radius 1 is 1.09 bits per heavy atom. The van der Waals surface area contributed by atoms with E-state index in [0.717, 1.165) is 16.8 Å². The van der Waals surface area contributed by atoms with Gasteiger partial charge in [0.2, 0.25) is 5.78 Å². The fraction of sp³-hybridized carbons (Fsp3) is 0.240. The van der Waals surface area contributed by atoms with Gasteiger partial charge in [-0.05, 0) is 73.6 Å². The van der Waals surface area contributed by atoms with Crippen LogP contribution in [-0.2, 0) is 6.54 Å². The maximum Gasteiger partial charge on any atom is 0.251 e. The van der Waals surface area contributed by atoms with Gasteiger partial charge < -0.3 is 15.5 Å². The van der Waals surface area contributed by atoms with Crippen LogP contribution in [0.5, 0.6) is 0 Å². The van der Waals surface area contributed by atoms with Gasteiger partial charge >= 0.3 is 0 Å².